The predicted molar refractivity (Wildman–Crippen MR) is 62.8 cm³/mol. The van der Waals surface area contributed by atoms with Crippen molar-refractivity contribution in [1.29, 1.82) is 0 Å². The molecule has 0 aliphatic heterocycles. The number of amides is 1. The van der Waals surface area contributed by atoms with Crippen LogP contribution in [-0.4, -0.2) is 12.0 Å². The number of ether oxygens (including phenoxy) is 1. The topological polar surface area (TPSA) is 64.3 Å². The summed E-state index contributed by atoms with van der Waals surface area (Å²) in [5.41, 5.74) is 3.22. The second-order valence-corrected chi connectivity index (χ2v) is 3.72. The molecule has 16 heavy (non-hydrogen) atoms. The predicted octanol–water partition coefficient (Wildman–Crippen LogP) is 1.53. The van der Waals surface area contributed by atoms with Crippen LogP contribution in [0.25, 0.3) is 0 Å². The zero-order chi connectivity index (χ0) is 12.0. The first-order valence-electron chi connectivity index (χ1n) is 5.41. The van der Waals surface area contributed by atoms with Gasteiger partial charge in [0.1, 0.15) is 5.75 Å². The molecule has 1 amide bonds. The highest BCUT2D eigenvalue weighted by Crippen LogP contribution is 2.16. The minimum Gasteiger partial charge on any atom is -0.481 e. The third-order valence-electron chi connectivity index (χ3n) is 2.25. The molecular formula is C12H18N2O2. The van der Waals surface area contributed by atoms with E-state index >= 15 is 0 Å². The van der Waals surface area contributed by atoms with Crippen molar-refractivity contribution in [3.63, 3.8) is 0 Å². The summed E-state index contributed by atoms with van der Waals surface area (Å²) in [4.78, 5) is 11.4. The second kappa shape index (κ2) is 6.12. The summed E-state index contributed by atoms with van der Waals surface area (Å²) in [7, 11) is 0. The van der Waals surface area contributed by atoms with Crippen LogP contribution in [0.1, 0.15) is 25.3 Å². The van der Waals surface area contributed by atoms with Crippen molar-refractivity contribution < 1.29 is 9.53 Å². The molecule has 1 rings (SSSR count). The van der Waals surface area contributed by atoms with Crippen molar-refractivity contribution in [2.45, 2.75) is 32.8 Å². The maximum absolute atomic E-state index is 11.4. The van der Waals surface area contributed by atoms with Crippen LogP contribution in [0, 0.1) is 6.92 Å². The Balaban J connectivity index is 2.71. The Hall–Kier alpha value is -1.55. The van der Waals surface area contributed by atoms with E-state index in [1.165, 1.54) is 0 Å². The fourth-order valence-electron chi connectivity index (χ4n) is 1.45. The summed E-state index contributed by atoms with van der Waals surface area (Å²) < 4.78 is 5.60. The monoisotopic (exact) mass is 222 g/mol. The van der Waals surface area contributed by atoms with Gasteiger partial charge in [0, 0.05) is 0 Å². The maximum Gasteiger partial charge on any atom is 0.274 e. The number of carbonyl (C=O) groups is 1. The Morgan fingerprint density at radius 1 is 1.56 bits per heavy atom. The summed E-state index contributed by atoms with van der Waals surface area (Å²) in [5.74, 6) is 5.52. The highest BCUT2D eigenvalue weighted by molar-refractivity contribution is 5.80. The highest BCUT2D eigenvalue weighted by atomic mass is 16.5. The van der Waals surface area contributed by atoms with Crippen molar-refractivity contribution in [3.05, 3.63) is 29.8 Å². The van der Waals surface area contributed by atoms with E-state index in [1.807, 2.05) is 38.1 Å². The standard InChI is InChI=1S/C12H18N2O2/c1-3-5-11(12(15)14-13)16-10-7-4-6-9(2)8-10/h4,6-8,11H,3,5,13H2,1-2H3,(H,14,15). The van der Waals surface area contributed by atoms with E-state index in [-0.39, 0.29) is 5.91 Å². The van der Waals surface area contributed by atoms with Crippen LogP contribution in [0.2, 0.25) is 0 Å². The molecule has 1 aromatic carbocycles. The van der Waals surface area contributed by atoms with Crippen LogP contribution in [0.5, 0.6) is 5.75 Å². The molecule has 0 radical (unpaired) electrons. The zero-order valence-corrected chi connectivity index (χ0v) is 9.69. The lowest BCUT2D eigenvalue weighted by molar-refractivity contribution is -0.128. The third kappa shape index (κ3) is 3.55. The number of benzene rings is 1. The fourth-order valence-corrected chi connectivity index (χ4v) is 1.45. The molecule has 0 saturated heterocycles. The van der Waals surface area contributed by atoms with Crippen LogP contribution in [0.3, 0.4) is 0 Å². The van der Waals surface area contributed by atoms with Gasteiger partial charge < -0.3 is 4.74 Å². The molecular weight excluding hydrogens is 204 g/mol. The van der Waals surface area contributed by atoms with Gasteiger partial charge in [-0.25, -0.2) is 5.84 Å². The molecule has 0 aliphatic carbocycles. The Morgan fingerprint density at radius 2 is 2.31 bits per heavy atom. The molecule has 0 saturated carbocycles. The van der Waals surface area contributed by atoms with Crippen LogP contribution in [-0.2, 0) is 4.79 Å². The average molecular weight is 222 g/mol. The van der Waals surface area contributed by atoms with Gasteiger partial charge in [0.05, 0.1) is 0 Å². The number of carbonyl (C=O) groups excluding carboxylic acids is 1. The lowest BCUT2D eigenvalue weighted by atomic mass is 10.2. The molecule has 4 nitrogen and oxygen atoms in total. The molecule has 1 aromatic rings. The van der Waals surface area contributed by atoms with Crippen LogP contribution in [0.4, 0.5) is 0 Å². The Bertz CT molecular complexity index is 353. The Kier molecular flexibility index (Phi) is 4.79. The number of rotatable bonds is 5. The van der Waals surface area contributed by atoms with E-state index in [4.69, 9.17) is 10.6 Å². The minimum absolute atomic E-state index is 0.289. The maximum atomic E-state index is 11.4. The number of nitrogens with two attached hydrogens (primary N) is 1. The fraction of sp³-hybridized carbons (Fsp3) is 0.417. The minimum atomic E-state index is -0.517. The van der Waals surface area contributed by atoms with Crippen molar-refractivity contribution in [3.8, 4) is 5.75 Å². The lowest BCUT2D eigenvalue weighted by Crippen LogP contribution is -2.42. The van der Waals surface area contributed by atoms with E-state index in [2.05, 4.69) is 5.43 Å². The summed E-state index contributed by atoms with van der Waals surface area (Å²) in [6.07, 6.45) is 0.998. The molecule has 3 N–H and O–H groups in total. The van der Waals surface area contributed by atoms with E-state index in [9.17, 15) is 4.79 Å². The van der Waals surface area contributed by atoms with Crippen molar-refractivity contribution in [1.82, 2.24) is 5.43 Å². The highest BCUT2D eigenvalue weighted by Gasteiger charge is 2.18. The first kappa shape index (κ1) is 12.5. The first-order chi connectivity index (χ1) is 7.67. The van der Waals surface area contributed by atoms with Gasteiger partial charge in [-0.3, -0.25) is 10.2 Å². The second-order valence-electron chi connectivity index (χ2n) is 3.72. The number of aryl methyl sites for hydroxylation is 1. The molecule has 1 unspecified atom stereocenters. The molecule has 4 heteroatoms. The molecule has 0 spiro atoms. The number of nitrogens with one attached hydrogen (secondary N) is 1. The Labute approximate surface area is 95.8 Å². The summed E-state index contributed by atoms with van der Waals surface area (Å²) in [6.45, 7) is 3.97. The molecule has 0 fully saturated rings. The quantitative estimate of drug-likeness (QED) is 0.451. The molecule has 88 valence electrons. The summed E-state index contributed by atoms with van der Waals surface area (Å²) in [6, 6.07) is 7.60. The lowest BCUT2D eigenvalue weighted by Gasteiger charge is -2.16. The van der Waals surface area contributed by atoms with Gasteiger partial charge in [-0.15, -0.1) is 0 Å². The SMILES string of the molecule is CCCC(Oc1cccc(C)c1)C(=O)NN. The smallest absolute Gasteiger partial charge is 0.274 e. The van der Waals surface area contributed by atoms with Gasteiger partial charge in [-0.2, -0.15) is 0 Å². The zero-order valence-electron chi connectivity index (χ0n) is 9.69. The van der Waals surface area contributed by atoms with E-state index in [0.717, 1.165) is 12.0 Å². The van der Waals surface area contributed by atoms with Crippen molar-refractivity contribution >= 4 is 5.91 Å². The first-order valence-corrected chi connectivity index (χ1v) is 5.41. The van der Waals surface area contributed by atoms with Gasteiger partial charge in [0.2, 0.25) is 0 Å². The molecule has 0 aromatic heterocycles. The summed E-state index contributed by atoms with van der Waals surface area (Å²) in [5, 5.41) is 0. The molecule has 0 heterocycles. The molecule has 0 aliphatic rings. The average Bonchev–Trinajstić information content (AvgIpc) is 2.27. The summed E-state index contributed by atoms with van der Waals surface area (Å²) >= 11 is 0. The van der Waals surface area contributed by atoms with Crippen molar-refractivity contribution in [2.75, 3.05) is 0 Å². The Morgan fingerprint density at radius 3 is 2.88 bits per heavy atom. The number of hydrogen-bond acceptors (Lipinski definition) is 3. The molecule has 0 bridgehead atoms. The van der Waals surface area contributed by atoms with Crippen LogP contribution < -0.4 is 16.0 Å². The van der Waals surface area contributed by atoms with Crippen LogP contribution >= 0.6 is 0 Å². The van der Waals surface area contributed by atoms with E-state index in [0.29, 0.717) is 12.2 Å². The number of hydrazine groups is 1. The number of hydrogen-bond donors (Lipinski definition) is 2. The van der Waals surface area contributed by atoms with E-state index < -0.39 is 6.10 Å². The molecule has 1 atom stereocenters. The normalized spacial score (nSPS) is 11.9. The van der Waals surface area contributed by atoms with Crippen molar-refractivity contribution in [2.24, 2.45) is 5.84 Å². The van der Waals surface area contributed by atoms with Gasteiger partial charge in [-0.1, -0.05) is 25.5 Å². The van der Waals surface area contributed by atoms with Gasteiger partial charge in [0.15, 0.2) is 6.10 Å². The van der Waals surface area contributed by atoms with Crippen LogP contribution in [0.15, 0.2) is 24.3 Å². The van der Waals surface area contributed by atoms with Gasteiger partial charge in [0.25, 0.3) is 5.91 Å². The van der Waals surface area contributed by atoms with Gasteiger partial charge in [-0.05, 0) is 31.0 Å². The van der Waals surface area contributed by atoms with E-state index in [1.54, 1.807) is 0 Å². The third-order valence-corrected chi connectivity index (χ3v) is 2.25. The van der Waals surface area contributed by atoms with Gasteiger partial charge >= 0.3 is 0 Å². The largest absolute Gasteiger partial charge is 0.481 e.